The number of halogens is 1. The summed E-state index contributed by atoms with van der Waals surface area (Å²) in [6.07, 6.45) is 5.58. The van der Waals surface area contributed by atoms with Crippen molar-refractivity contribution in [3.05, 3.63) is 11.6 Å². The molecule has 24 heavy (non-hydrogen) atoms. The molecule has 0 saturated heterocycles. The summed E-state index contributed by atoms with van der Waals surface area (Å²) in [5, 5.41) is 11.4. The van der Waals surface area contributed by atoms with Gasteiger partial charge in [0.2, 0.25) is 0 Å². The Morgan fingerprint density at radius 2 is 2.21 bits per heavy atom. The zero-order chi connectivity index (χ0) is 16.5. The number of hydrogen-bond donors (Lipinski definition) is 2. The second-order valence-electron chi connectivity index (χ2n) is 5.91. The van der Waals surface area contributed by atoms with Gasteiger partial charge in [0.05, 0.1) is 6.54 Å². The van der Waals surface area contributed by atoms with Crippen molar-refractivity contribution in [1.29, 1.82) is 0 Å². The Morgan fingerprint density at radius 3 is 2.92 bits per heavy atom. The van der Waals surface area contributed by atoms with Gasteiger partial charge >= 0.3 is 0 Å². The third kappa shape index (κ3) is 6.54. The molecule has 0 bridgehead atoms. The maximum absolute atomic E-state index is 5.11. The molecule has 1 aromatic rings. The monoisotopic (exact) mass is 450 g/mol. The third-order valence-corrected chi connectivity index (χ3v) is 3.89. The average molecular weight is 450 g/mol. The summed E-state index contributed by atoms with van der Waals surface area (Å²) in [4.78, 5) is 9.18. The fourth-order valence-corrected chi connectivity index (χ4v) is 2.73. The summed E-state index contributed by atoms with van der Waals surface area (Å²) in [5.41, 5.74) is 0. The highest BCUT2D eigenvalue weighted by Gasteiger charge is 2.22. The van der Waals surface area contributed by atoms with Crippen molar-refractivity contribution >= 4 is 29.9 Å². The summed E-state index contributed by atoms with van der Waals surface area (Å²) in [5.74, 6) is 2.73. The number of guanidine groups is 1. The lowest BCUT2D eigenvalue weighted by Gasteiger charge is -2.25. The number of methoxy groups -OCH3 is 1. The lowest BCUT2D eigenvalue weighted by atomic mass is 10.1. The van der Waals surface area contributed by atoms with Gasteiger partial charge in [0.15, 0.2) is 11.8 Å². The maximum Gasteiger partial charge on any atom is 0.191 e. The number of hydrogen-bond acceptors (Lipinski definition) is 4. The van der Waals surface area contributed by atoms with Crippen LogP contribution in [0.15, 0.2) is 4.99 Å². The van der Waals surface area contributed by atoms with Crippen molar-refractivity contribution < 1.29 is 4.74 Å². The van der Waals surface area contributed by atoms with E-state index in [0.29, 0.717) is 12.6 Å². The molecule has 0 radical (unpaired) electrons. The fraction of sp³-hybridized carbons (Fsp3) is 0.812. The molecule has 0 saturated carbocycles. The summed E-state index contributed by atoms with van der Waals surface area (Å²) in [6.45, 7) is 7.35. The molecule has 0 fully saturated rings. The highest BCUT2D eigenvalue weighted by atomic mass is 127. The van der Waals surface area contributed by atoms with E-state index in [-0.39, 0.29) is 24.0 Å². The molecular weight excluding hydrogens is 419 g/mol. The normalized spacial score (nSPS) is 17.1. The number of rotatable bonds is 8. The number of aromatic nitrogens is 3. The summed E-state index contributed by atoms with van der Waals surface area (Å²) in [7, 11) is 1.67. The molecule has 1 aromatic heterocycles. The Hall–Kier alpha value is -0.900. The molecule has 0 spiro atoms. The van der Waals surface area contributed by atoms with Crippen LogP contribution in [0.5, 0.6) is 0 Å². The van der Waals surface area contributed by atoms with E-state index in [1.807, 2.05) is 4.68 Å². The minimum absolute atomic E-state index is 0. The van der Waals surface area contributed by atoms with Gasteiger partial charge in [0.25, 0.3) is 0 Å². The molecule has 7 nitrogen and oxygen atoms in total. The molecule has 0 amide bonds. The molecule has 2 N–H and O–H groups in total. The number of aliphatic imine (C=N–C) groups is 1. The first-order valence-corrected chi connectivity index (χ1v) is 8.73. The van der Waals surface area contributed by atoms with Crippen molar-refractivity contribution in [2.45, 2.75) is 65.1 Å². The highest BCUT2D eigenvalue weighted by molar-refractivity contribution is 14.0. The Labute approximate surface area is 162 Å². The largest absolute Gasteiger partial charge is 0.377 e. The zero-order valence-electron chi connectivity index (χ0n) is 15.0. The van der Waals surface area contributed by atoms with E-state index >= 15 is 0 Å². The van der Waals surface area contributed by atoms with E-state index in [1.54, 1.807) is 7.11 Å². The standard InChI is InChI=1S/C16H30N6O.HI/c1-4-6-7-10-18-16(17-5-2)19-13-8-9-15-20-14(12-23-3)21-22(15)11-13;/h13H,4-12H2,1-3H3,(H2,17,18,19);1H. The molecule has 8 heteroatoms. The summed E-state index contributed by atoms with van der Waals surface area (Å²) >= 11 is 0. The second-order valence-corrected chi connectivity index (χ2v) is 5.91. The van der Waals surface area contributed by atoms with Gasteiger partial charge in [0.1, 0.15) is 12.4 Å². The van der Waals surface area contributed by atoms with E-state index in [0.717, 1.165) is 56.5 Å². The number of nitrogens with one attached hydrogen (secondary N) is 2. The van der Waals surface area contributed by atoms with Crippen LogP contribution in [0.3, 0.4) is 0 Å². The van der Waals surface area contributed by atoms with Crippen molar-refractivity contribution in [3.8, 4) is 0 Å². The zero-order valence-corrected chi connectivity index (χ0v) is 17.4. The number of ether oxygens (including phenoxy) is 1. The molecule has 138 valence electrons. The highest BCUT2D eigenvalue weighted by Crippen LogP contribution is 2.13. The Balaban J connectivity index is 0.00000288. The van der Waals surface area contributed by atoms with Gasteiger partial charge in [-0.15, -0.1) is 24.0 Å². The van der Waals surface area contributed by atoms with Gasteiger partial charge in [-0.05, 0) is 19.8 Å². The van der Waals surface area contributed by atoms with Crippen LogP contribution in [0.2, 0.25) is 0 Å². The first-order valence-electron chi connectivity index (χ1n) is 8.73. The summed E-state index contributed by atoms with van der Waals surface area (Å²) in [6, 6.07) is 0.337. The van der Waals surface area contributed by atoms with Gasteiger partial charge in [-0.3, -0.25) is 4.99 Å². The third-order valence-electron chi connectivity index (χ3n) is 3.89. The lowest BCUT2D eigenvalue weighted by Crippen LogP contribution is -2.47. The summed E-state index contributed by atoms with van der Waals surface area (Å²) < 4.78 is 7.11. The molecule has 1 aliphatic heterocycles. The minimum atomic E-state index is 0. The van der Waals surface area contributed by atoms with Crippen LogP contribution < -0.4 is 10.6 Å². The first kappa shape index (κ1) is 21.1. The van der Waals surface area contributed by atoms with Crippen LogP contribution in [0.25, 0.3) is 0 Å². The molecule has 1 unspecified atom stereocenters. The Morgan fingerprint density at radius 1 is 1.38 bits per heavy atom. The molecule has 1 atom stereocenters. The van der Waals surface area contributed by atoms with Crippen LogP contribution in [-0.4, -0.2) is 47.0 Å². The predicted molar refractivity (Wildman–Crippen MR) is 107 cm³/mol. The number of fused-ring (bicyclic) bond motifs is 1. The van der Waals surface area contributed by atoms with Crippen LogP contribution in [-0.2, 0) is 24.3 Å². The van der Waals surface area contributed by atoms with Crippen LogP contribution >= 0.6 is 24.0 Å². The average Bonchev–Trinajstić information content (AvgIpc) is 2.93. The second kappa shape index (κ2) is 11.6. The fourth-order valence-electron chi connectivity index (χ4n) is 2.73. The predicted octanol–water partition coefficient (Wildman–Crippen LogP) is 2.10. The molecule has 1 aliphatic rings. The molecule has 2 heterocycles. The van der Waals surface area contributed by atoms with Crippen molar-refractivity contribution in [2.75, 3.05) is 20.2 Å². The van der Waals surface area contributed by atoms with Gasteiger partial charge in [-0.25, -0.2) is 9.67 Å². The van der Waals surface area contributed by atoms with E-state index in [1.165, 1.54) is 12.8 Å². The lowest BCUT2D eigenvalue weighted by molar-refractivity contribution is 0.177. The molecule has 0 aliphatic carbocycles. The maximum atomic E-state index is 5.11. The smallest absolute Gasteiger partial charge is 0.191 e. The Bertz CT molecular complexity index is 505. The van der Waals surface area contributed by atoms with Gasteiger partial charge in [-0.1, -0.05) is 19.8 Å². The Kier molecular flexibility index (Phi) is 10.2. The quantitative estimate of drug-likeness (QED) is 0.275. The minimum Gasteiger partial charge on any atom is -0.377 e. The van der Waals surface area contributed by atoms with Crippen LogP contribution in [0.1, 0.15) is 51.2 Å². The first-order chi connectivity index (χ1) is 11.3. The van der Waals surface area contributed by atoms with Crippen LogP contribution in [0.4, 0.5) is 0 Å². The molecule has 0 aromatic carbocycles. The van der Waals surface area contributed by atoms with Crippen molar-refractivity contribution in [2.24, 2.45) is 4.99 Å². The van der Waals surface area contributed by atoms with E-state index in [2.05, 4.69) is 39.6 Å². The van der Waals surface area contributed by atoms with Crippen molar-refractivity contribution in [3.63, 3.8) is 0 Å². The van der Waals surface area contributed by atoms with Gasteiger partial charge < -0.3 is 15.4 Å². The van der Waals surface area contributed by atoms with E-state index in [9.17, 15) is 0 Å². The van der Waals surface area contributed by atoms with Gasteiger partial charge in [0, 0.05) is 32.7 Å². The number of aryl methyl sites for hydroxylation is 1. The topological polar surface area (TPSA) is 76.4 Å². The number of unbranched alkanes of at least 4 members (excludes halogenated alkanes) is 2. The van der Waals surface area contributed by atoms with E-state index < -0.39 is 0 Å². The van der Waals surface area contributed by atoms with Crippen molar-refractivity contribution in [1.82, 2.24) is 25.4 Å². The molecule has 2 rings (SSSR count). The van der Waals surface area contributed by atoms with Crippen LogP contribution in [0, 0.1) is 0 Å². The molecular formula is C16H31IN6O. The van der Waals surface area contributed by atoms with E-state index in [4.69, 9.17) is 4.74 Å². The number of nitrogens with zero attached hydrogens (tertiary/aromatic N) is 4. The van der Waals surface area contributed by atoms with Gasteiger partial charge in [-0.2, -0.15) is 5.10 Å². The SMILES string of the molecule is CCCCCN=C(NCC)NC1CCc2nc(COC)nn2C1.I.